The highest BCUT2D eigenvalue weighted by Gasteiger charge is 2.38. The highest BCUT2D eigenvalue weighted by molar-refractivity contribution is 6.38. The van der Waals surface area contributed by atoms with Crippen LogP contribution in [0, 0.1) is 0 Å². The SMILES string of the molecule is CNC(=O)C(=O)C(CC(F)(F)F)NC(=O)OC(C)(C)C. The number of alkyl halides is 3. The molecule has 116 valence electrons. The van der Waals surface area contributed by atoms with Crippen LogP contribution in [0.4, 0.5) is 18.0 Å². The molecular formula is C11H17F3N2O4. The van der Waals surface area contributed by atoms with Crippen molar-refractivity contribution in [2.45, 2.75) is 45.0 Å². The molecule has 0 saturated carbocycles. The fraction of sp³-hybridized carbons (Fsp3) is 0.727. The number of ether oxygens (including phenoxy) is 1. The van der Waals surface area contributed by atoms with Crippen LogP contribution in [0.15, 0.2) is 0 Å². The molecular weight excluding hydrogens is 281 g/mol. The van der Waals surface area contributed by atoms with Gasteiger partial charge in [-0.3, -0.25) is 9.59 Å². The lowest BCUT2D eigenvalue weighted by atomic mass is 10.1. The van der Waals surface area contributed by atoms with Gasteiger partial charge in [-0.25, -0.2) is 4.79 Å². The normalized spacial score (nSPS) is 13.3. The molecule has 0 aromatic carbocycles. The van der Waals surface area contributed by atoms with Crippen molar-refractivity contribution in [3.05, 3.63) is 0 Å². The maximum absolute atomic E-state index is 12.3. The summed E-state index contributed by atoms with van der Waals surface area (Å²) in [7, 11) is 1.10. The van der Waals surface area contributed by atoms with Crippen molar-refractivity contribution in [3.63, 3.8) is 0 Å². The quantitative estimate of drug-likeness (QED) is 0.762. The first-order valence-corrected chi connectivity index (χ1v) is 5.68. The lowest BCUT2D eigenvalue weighted by Gasteiger charge is -2.23. The summed E-state index contributed by atoms with van der Waals surface area (Å²) in [5.74, 6) is -2.62. The molecule has 0 aliphatic heterocycles. The van der Waals surface area contributed by atoms with Crippen LogP contribution in [0.5, 0.6) is 0 Å². The Morgan fingerprint density at radius 3 is 2.00 bits per heavy atom. The predicted molar refractivity (Wildman–Crippen MR) is 62.9 cm³/mol. The van der Waals surface area contributed by atoms with Gasteiger partial charge in [-0.2, -0.15) is 13.2 Å². The topological polar surface area (TPSA) is 84.5 Å². The van der Waals surface area contributed by atoms with Gasteiger partial charge < -0.3 is 15.4 Å². The lowest BCUT2D eigenvalue weighted by Crippen LogP contribution is -2.50. The predicted octanol–water partition coefficient (Wildman–Crippen LogP) is 1.15. The second-order valence-electron chi connectivity index (χ2n) is 4.96. The number of hydrogen-bond donors (Lipinski definition) is 2. The summed E-state index contributed by atoms with van der Waals surface area (Å²) in [5, 5.41) is 3.66. The summed E-state index contributed by atoms with van der Waals surface area (Å²) in [6.45, 7) is 4.52. The number of amides is 2. The van der Waals surface area contributed by atoms with Crippen LogP contribution in [-0.2, 0) is 14.3 Å². The first-order valence-electron chi connectivity index (χ1n) is 5.68. The molecule has 2 amide bonds. The van der Waals surface area contributed by atoms with Gasteiger partial charge in [-0.15, -0.1) is 0 Å². The van der Waals surface area contributed by atoms with Crippen LogP contribution in [0.25, 0.3) is 0 Å². The Balaban J connectivity index is 4.91. The Bertz CT molecular complexity index is 388. The molecule has 6 nitrogen and oxygen atoms in total. The molecule has 0 saturated heterocycles. The molecule has 9 heteroatoms. The highest BCUT2D eigenvalue weighted by Crippen LogP contribution is 2.22. The van der Waals surface area contributed by atoms with Gasteiger partial charge in [-0.05, 0) is 20.8 Å². The fourth-order valence-electron chi connectivity index (χ4n) is 1.17. The van der Waals surface area contributed by atoms with Crippen molar-refractivity contribution in [2.24, 2.45) is 0 Å². The van der Waals surface area contributed by atoms with Crippen LogP contribution >= 0.6 is 0 Å². The average Bonchev–Trinajstić information content (AvgIpc) is 2.21. The van der Waals surface area contributed by atoms with Gasteiger partial charge in [0.25, 0.3) is 5.91 Å². The number of hydrogen-bond acceptors (Lipinski definition) is 4. The van der Waals surface area contributed by atoms with Gasteiger partial charge in [-0.1, -0.05) is 0 Å². The largest absolute Gasteiger partial charge is 0.444 e. The summed E-state index contributed by atoms with van der Waals surface area (Å²) in [5.41, 5.74) is -0.942. The molecule has 0 rings (SSSR count). The zero-order chi connectivity index (χ0) is 16.1. The van der Waals surface area contributed by atoms with Gasteiger partial charge in [0.05, 0.1) is 6.42 Å². The van der Waals surface area contributed by atoms with Crippen LogP contribution in [0.1, 0.15) is 27.2 Å². The van der Waals surface area contributed by atoms with Crippen LogP contribution < -0.4 is 10.6 Å². The number of carbonyl (C=O) groups is 3. The fourth-order valence-corrected chi connectivity index (χ4v) is 1.17. The van der Waals surface area contributed by atoms with E-state index < -0.39 is 42.0 Å². The summed E-state index contributed by atoms with van der Waals surface area (Å²) >= 11 is 0. The van der Waals surface area contributed by atoms with Crippen molar-refractivity contribution in [1.29, 1.82) is 0 Å². The van der Waals surface area contributed by atoms with Crippen molar-refractivity contribution in [2.75, 3.05) is 7.05 Å². The molecule has 1 atom stereocenters. The van der Waals surface area contributed by atoms with E-state index in [4.69, 9.17) is 4.74 Å². The van der Waals surface area contributed by atoms with Gasteiger partial charge in [0, 0.05) is 7.05 Å². The van der Waals surface area contributed by atoms with Gasteiger partial charge in [0.1, 0.15) is 11.6 Å². The molecule has 0 aromatic rings. The highest BCUT2D eigenvalue weighted by atomic mass is 19.4. The molecule has 2 N–H and O–H groups in total. The molecule has 0 fully saturated rings. The van der Waals surface area contributed by atoms with E-state index in [1.807, 2.05) is 5.32 Å². The second kappa shape index (κ2) is 6.58. The van der Waals surface area contributed by atoms with Crippen LogP contribution in [0.2, 0.25) is 0 Å². The summed E-state index contributed by atoms with van der Waals surface area (Å²) in [6.07, 6.45) is -7.58. The minimum absolute atomic E-state index is 0.942. The van der Waals surface area contributed by atoms with Crippen LogP contribution in [0.3, 0.4) is 0 Å². The number of halogens is 3. The first-order chi connectivity index (χ1) is 8.85. The van der Waals surface area contributed by atoms with E-state index in [1.165, 1.54) is 20.8 Å². The summed E-state index contributed by atoms with van der Waals surface area (Å²) < 4.78 is 41.8. The van der Waals surface area contributed by atoms with Gasteiger partial charge >= 0.3 is 12.3 Å². The Hall–Kier alpha value is -1.80. The molecule has 0 bridgehead atoms. The van der Waals surface area contributed by atoms with Crippen molar-refractivity contribution in [3.8, 4) is 0 Å². The summed E-state index contributed by atoms with van der Waals surface area (Å²) in [6, 6.07) is -2.02. The number of nitrogens with one attached hydrogen (secondary N) is 2. The van der Waals surface area contributed by atoms with E-state index in [2.05, 4.69) is 0 Å². The van der Waals surface area contributed by atoms with Gasteiger partial charge in [0.2, 0.25) is 5.78 Å². The van der Waals surface area contributed by atoms with E-state index >= 15 is 0 Å². The standard InChI is InChI=1S/C11H17F3N2O4/c1-10(2,3)20-9(19)16-6(5-11(12,13)14)7(17)8(18)15-4/h6H,5H2,1-4H3,(H,15,18)(H,16,19). The zero-order valence-corrected chi connectivity index (χ0v) is 11.6. The molecule has 20 heavy (non-hydrogen) atoms. The van der Waals surface area contributed by atoms with Crippen molar-refractivity contribution in [1.82, 2.24) is 10.6 Å². The number of ketones is 1. The third-order valence-electron chi connectivity index (χ3n) is 1.89. The second-order valence-corrected chi connectivity index (χ2v) is 4.96. The lowest BCUT2D eigenvalue weighted by molar-refractivity contribution is -0.152. The number of alkyl carbamates (subject to hydrolysis) is 1. The molecule has 0 aliphatic rings. The Labute approximate surface area is 114 Å². The third-order valence-corrected chi connectivity index (χ3v) is 1.89. The van der Waals surface area contributed by atoms with E-state index in [9.17, 15) is 27.6 Å². The number of carbonyl (C=O) groups excluding carboxylic acids is 3. The van der Waals surface area contributed by atoms with E-state index in [1.54, 1.807) is 5.32 Å². The maximum atomic E-state index is 12.3. The van der Waals surface area contributed by atoms with E-state index in [0.717, 1.165) is 7.05 Å². The van der Waals surface area contributed by atoms with Crippen molar-refractivity contribution >= 4 is 17.8 Å². The van der Waals surface area contributed by atoms with E-state index in [0.29, 0.717) is 0 Å². The number of Topliss-reactive ketones (excluding diaryl/α,β-unsaturated/α-hetero) is 1. The Morgan fingerprint density at radius 2 is 1.65 bits per heavy atom. The third kappa shape index (κ3) is 7.59. The molecule has 0 radical (unpaired) electrons. The Morgan fingerprint density at radius 1 is 1.15 bits per heavy atom. The first kappa shape index (κ1) is 18.2. The summed E-state index contributed by atoms with van der Waals surface area (Å²) in [4.78, 5) is 33.9. The number of likely N-dealkylation sites (N-methyl/N-ethyl adjacent to an activating group) is 1. The van der Waals surface area contributed by atoms with Crippen LogP contribution in [-0.4, -0.2) is 42.7 Å². The molecule has 0 spiro atoms. The minimum atomic E-state index is -4.72. The minimum Gasteiger partial charge on any atom is -0.444 e. The number of rotatable bonds is 4. The van der Waals surface area contributed by atoms with Crippen molar-refractivity contribution < 1.29 is 32.3 Å². The molecule has 0 aromatic heterocycles. The molecule has 0 aliphatic carbocycles. The zero-order valence-electron chi connectivity index (χ0n) is 11.6. The van der Waals surface area contributed by atoms with Gasteiger partial charge in [0.15, 0.2) is 0 Å². The monoisotopic (exact) mass is 298 g/mol. The van der Waals surface area contributed by atoms with E-state index in [-0.39, 0.29) is 0 Å². The molecule has 0 heterocycles. The maximum Gasteiger partial charge on any atom is 0.408 e. The smallest absolute Gasteiger partial charge is 0.408 e. The Kier molecular flexibility index (Phi) is 5.98. The molecule has 1 unspecified atom stereocenters. The average molecular weight is 298 g/mol.